The number of likely N-dealkylation sites (tertiary alicyclic amines) is 1. The highest BCUT2D eigenvalue weighted by atomic mass is 16.4. The number of carbonyl (C=O) groups is 2. The second-order valence-corrected chi connectivity index (χ2v) is 6.85. The van der Waals surface area contributed by atoms with Crippen molar-refractivity contribution >= 4 is 11.9 Å². The van der Waals surface area contributed by atoms with E-state index in [9.17, 15) is 9.59 Å². The molecule has 1 fully saturated rings. The Hall–Kier alpha value is -2.70. The van der Waals surface area contributed by atoms with E-state index in [-0.39, 0.29) is 18.4 Å². The Bertz CT molecular complexity index is 798. The fraction of sp³-hybridized carbons (Fsp3) is 0.474. The molecule has 0 saturated carbocycles. The first-order valence-corrected chi connectivity index (χ1v) is 8.99. The molecule has 138 valence electrons. The molecule has 2 aromatic rings. The van der Waals surface area contributed by atoms with Gasteiger partial charge in [0, 0.05) is 19.0 Å². The molecular formula is C19H24N4O3. The first-order chi connectivity index (χ1) is 12.5. The highest BCUT2D eigenvalue weighted by molar-refractivity contribution is 5.93. The number of aromatic nitrogens is 3. The highest BCUT2D eigenvalue weighted by Crippen LogP contribution is 2.24. The number of rotatable bonds is 5. The SMILES string of the molecule is Cc1ccc(-n2nnc(C(=O)N3CCCCC3CCC(=O)O)c2C)cc1. The molecule has 26 heavy (non-hydrogen) atoms. The van der Waals surface area contributed by atoms with Crippen LogP contribution in [-0.4, -0.2) is 49.5 Å². The maximum absolute atomic E-state index is 13.0. The van der Waals surface area contributed by atoms with Crippen molar-refractivity contribution in [2.24, 2.45) is 0 Å². The lowest BCUT2D eigenvalue weighted by atomic mass is 9.97. The lowest BCUT2D eigenvalue weighted by Gasteiger charge is -2.35. The minimum atomic E-state index is -0.829. The topological polar surface area (TPSA) is 88.3 Å². The molecule has 1 atom stereocenters. The van der Waals surface area contributed by atoms with Crippen molar-refractivity contribution in [3.05, 3.63) is 41.2 Å². The van der Waals surface area contributed by atoms with Crippen LogP contribution in [0.3, 0.4) is 0 Å². The van der Waals surface area contributed by atoms with E-state index in [0.717, 1.165) is 30.5 Å². The average molecular weight is 356 g/mol. The molecule has 1 amide bonds. The van der Waals surface area contributed by atoms with Gasteiger partial charge in [-0.1, -0.05) is 22.9 Å². The molecule has 7 heteroatoms. The second kappa shape index (κ2) is 7.68. The number of piperidine rings is 1. The minimum Gasteiger partial charge on any atom is -0.481 e. The van der Waals surface area contributed by atoms with Crippen LogP contribution >= 0.6 is 0 Å². The third-order valence-corrected chi connectivity index (χ3v) is 4.96. The van der Waals surface area contributed by atoms with Crippen LogP contribution in [0.2, 0.25) is 0 Å². The van der Waals surface area contributed by atoms with Gasteiger partial charge in [-0.15, -0.1) is 5.10 Å². The standard InChI is InChI=1S/C19H24N4O3/c1-13-6-8-16(9-7-13)23-14(2)18(20-21-23)19(26)22-12-4-3-5-15(22)10-11-17(24)25/h6-9,15H,3-5,10-12H2,1-2H3,(H,24,25). The number of benzene rings is 1. The summed E-state index contributed by atoms with van der Waals surface area (Å²) >= 11 is 0. The van der Waals surface area contributed by atoms with Gasteiger partial charge >= 0.3 is 5.97 Å². The van der Waals surface area contributed by atoms with E-state index in [1.165, 1.54) is 0 Å². The monoisotopic (exact) mass is 356 g/mol. The molecule has 1 aliphatic heterocycles. The summed E-state index contributed by atoms with van der Waals surface area (Å²) in [6.45, 7) is 4.49. The van der Waals surface area contributed by atoms with Crippen molar-refractivity contribution in [3.63, 3.8) is 0 Å². The molecule has 1 aromatic carbocycles. The summed E-state index contributed by atoms with van der Waals surface area (Å²) in [5, 5.41) is 17.2. The molecule has 1 aromatic heterocycles. The predicted molar refractivity (Wildman–Crippen MR) is 96.4 cm³/mol. The van der Waals surface area contributed by atoms with Crippen LogP contribution < -0.4 is 0 Å². The summed E-state index contributed by atoms with van der Waals surface area (Å²) in [5.41, 5.74) is 3.05. The van der Waals surface area contributed by atoms with Crippen molar-refractivity contribution in [2.75, 3.05) is 6.54 Å². The van der Waals surface area contributed by atoms with Crippen molar-refractivity contribution in [3.8, 4) is 5.69 Å². The Morgan fingerprint density at radius 1 is 1.19 bits per heavy atom. The van der Waals surface area contributed by atoms with Crippen molar-refractivity contribution in [2.45, 2.75) is 52.0 Å². The summed E-state index contributed by atoms with van der Waals surface area (Å²) < 4.78 is 1.67. The molecule has 0 radical (unpaired) electrons. The Balaban J connectivity index is 1.82. The van der Waals surface area contributed by atoms with E-state index >= 15 is 0 Å². The van der Waals surface area contributed by atoms with Crippen molar-refractivity contribution in [1.82, 2.24) is 19.9 Å². The number of hydrogen-bond acceptors (Lipinski definition) is 4. The summed E-state index contributed by atoms with van der Waals surface area (Å²) in [6.07, 6.45) is 3.34. The van der Waals surface area contributed by atoms with Crippen LogP contribution in [0.5, 0.6) is 0 Å². The van der Waals surface area contributed by atoms with Crippen LogP contribution in [0.25, 0.3) is 5.69 Å². The molecular weight excluding hydrogens is 332 g/mol. The number of carbonyl (C=O) groups excluding carboxylic acids is 1. The molecule has 1 unspecified atom stereocenters. The zero-order chi connectivity index (χ0) is 18.7. The molecule has 0 aliphatic carbocycles. The van der Waals surface area contributed by atoms with Gasteiger partial charge in [0.15, 0.2) is 5.69 Å². The number of hydrogen-bond donors (Lipinski definition) is 1. The van der Waals surface area contributed by atoms with E-state index in [4.69, 9.17) is 5.11 Å². The van der Waals surface area contributed by atoms with Crippen LogP contribution in [0.4, 0.5) is 0 Å². The first-order valence-electron chi connectivity index (χ1n) is 8.99. The summed E-state index contributed by atoms with van der Waals surface area (Å²) in [4.78, 5) is 25.7. The molecule has 0 spiro atoms. The zero-order valence-electron chi connectivity index (χ0n) is 15.2. The second-order valence-electron chi connectivity index (χ2n) is 6.85. The molecule has 3 rings (SSSR count). The van der Waals surface area contributed by atoms with Crippen molar-refractivity contribution < 1.29 is 14.7 Å². The number of carboxylic acids is 1. The molecule has 1 saturated heterocycles. The number of aryl methyl sites for hydroxylation is 1. The number of aliphatic carboxylic acids is 1. The first kappa shape index (κ1) is 18.1. The lowest BCUT2D eigenvalue weighted by molar-refractivity contribution is -0.137. The molecule has 1 aliphatic rings. The third-order valence-electron chi connectivity index (χ3n) is 4.96. The normalized spacial score (nSPS) is 17.3. The smallest absolute Gasteiger partial charge is 0.303 e. The van der Waals surface area contributed by atoms with Crippen LogP contribution in [0.1, 0.15) is 53.8 Å². The Labute approximate surface area is 152 Å². The van der Waals surface area contributed by atoms with Gasteiger partial charge in [0.25, 0.3) is 5.91 Å². The fourth-order valence-corrected chi connectivity index (χ4v) is 3.45. The quantitative estimate of drug-likeness (QED) is 0.890. The van der Waals surface area contributed by atoms with Crippen LogP contribution in [-0.2, 0) is 4.79 Å². The lowest BCUT2D eigenvalue weighted by Crippen LogP contribution is -2.44. The van der Waals surface area contributed by atoms with Crippen molar-refractivity contribution in [1.29, 1.82) is 0 Å². The van der Waals surface area contributed by atoms with E-state index in [2.05, 4.69) is 10.3 Å². The number of nitrogens with zero attached hydrogens (tertiary/aromatic N) is 4. The van der Waals surface area contributed by atoms with Gasteiger partial charge in [-0.3, -0.25) is 9.59 Å². The van der Waals surface area contributed by atoms with Crippen LogP contribution in [0.15, 0.2) is 24.3 Å². The van der Waals surface area contributed by atoms with Gasteiger partial charge in [-0.05, 0) is 51.7 Å². The molecule has 7 nitrogen and oxygen atoms in total. The summed E-state index contributed by atoms with van der Waals surface area (Å²) in [6, 6.07) is 7.83. The van der Waals surface area contributed by atoms with Gasteiger partial charge in [-0.25, -0.2) is 4.68 Å². The molecule has 0 bridgehead atoms. The third kappa shape index (κ3) is 3.76. The Morgan fingerprint density at radius 2 is 1.92 bits per heavy atom. The Morgan fingerprint density at radius 3 is 2.62 bits per heavy atom. The Kier molecular flexibility index (Phi) is 5.35. The summed E-state index contributed by atoms with van der Waals surface area (Å²) in [7, 11) is 0. The van der Waals surface area contributed by atoms with Gasteiger partial charge in [0.05, 0.1) is 11.4 Å². The van der Waals surface area contributed by atoms with E-state index in [1.54, 1.807) is 9.58 Å². The highest BCUT2D eigenvalue weighted by Gasteiger charge is 2.30. The predicted octanol–water partition coefficient (Wildman–Crippen LogP) is 2.74. The summed E-state index contributed by atoms with van der Waals surface area (Å²) in [5.74, 6) is -0.986. The maximum Gasteiger partial charge on any atom is 0.303 e. The maximum atomic E-state index is 13.0. The molecule has 1 N–H and O–H groups in total. The molecule has 2 heterocycles. The van der Waals surface area contributed by atoms with E-state index in [1.807, 2.05) is 38.1 Å². The van der Waals surface area contributed by atoms with Crippen LogP contribution in [0, 0.1) is 13.8 Å². The minimum absolute atomic E-state index is 0.0451. The zero-order valence-corrected chi connectivity index (χ0v) is 15.2. The van der Waals surface area contributed by atoms with Gasteiger partial charge in [-0.2, -0.15) is 0 Å². The largest absolute Gasteiger partial charge is 0.481 e. The van der Waals surface area contributed by atoms with Gasteiger partial charge in [0.2, 0.25) is 0 Å². The number of carboxylic acid groups (broad SMARTS) is 1. The van der Waals surface area contributed by atoms with E-state index in [0.29, 0.717) is 24.4 Å². The van der Waals surface area contributed by atoms with E-state index < -0.39 is 5.97 Å². The average Bonchev–Trinajstić information content (AvgIpc) is 3.02. The van der Waals surface area contributed by atoms with Gasteiger partial charge in [0.1, 0.15) is 0 Å². The number of amides is 1. The fourth-order valence-electron chi connectivity index (χ4n) is 3.45. The van der Waals surface area contributed by atoms with Gasteiger partial charge < -0.3 is 10.0 Å².